The number of hydrogen-bond acceptors (Lipinski definition) is 5. The SMILES string of the molecule is CCOc1ccc(C(=O)OCc2ccn(C)n2)cc1N. The smallest absolute Gasteiger partial charge is 0.338 e. The van der Waals surface area contributed by atoms with E-state index in [4.69, 9.17) is 15.2 Å². The highest BCUT2D eigenvalue weighted by Gasteiger charge is 2.11. The van der Waals surface area contributed by atoms with Crippen LogP contribution in [-0.2, 0) is 18.4 Å². The number of anilines is 1. The van der Waals surface area contributed by atoms with Crippen molar-refractivity contribution in [2.24, 2.45) is 7.05 Å². The van der Waals surface area contributed by atoms with E-state index in [1.54, 1.807) is 42.2 Å². The van der Waals surface area contributed by atoms with Gasteiger partial charge in [0.25, 0.3) is 0 Å². The van der Waals surface area contributed by atoms with Gasteiger partial charge in [0.1, 0.15) is 12.4 Å². The Morgan fingerprint density at radius 1 is 1.40 bits per heavy atom. The Labute approximate surface area is 117 Å². The molecule has 1 aromatic carbocycles. The molecule has 0 aliphatic carbocycles. The van der Waals surface area contributed by atoms with Crippen LogP contribution in [0.4, 0.5) is 5.69 Å². The van der Waals surface area contributed by atoms with Gasteiger partial charge in [-0.25, -0.2) is 4.79 Å². The van der Waals surface area contributed by atoms with E-state index in [1.165, 1.54) is 0 Å². The average Bonchev–Trinajstić information content (AvgIpc) is 2.84. The summed E-state index contributed by atoms with van der Waals surface area (Å²) in [6, 6.07) is 6.63. The molecule has 0 aliphatic heterocycles. The van der Waals surface area contributed by atoms with Gasteiger partial charge in [0, 0.05) is 13.2 Å². The van der Waals surface area contributed by atoms with Crippen LogP contribution in [0.2, 0.25) is 0 Å². The average molecular weight is 275 g/mol. The molecular formula is C14H17N3O3. The highest BCUT2D eigenvalue weighted by molar-refractivity contribution is 5.91. The second kappa shape index (κ2) is 6.10. The number of rotatable bonds is 5. The number of carbonyl (C=O) groups is 1. The Morgan fingerprint density at radius 2 is 2.20 bits per heavy atom. The number of aromatic nitrogens is 2. The van der Waals surface area contributed by atoms with Crippen LogP contribution in [0.15, 0.2) is 30.5 Å². The summed E-state index contributed by atoms with van der Waals surface area (Å²) in [5, 5.41) is 4.13. The summed E-state index contributed by atoms with van der Waals surface area (Å²) >= 11 is 0. The molecule has 0 unspecified atom stereocenters. The van der Waals surface area contributed by atoms with Crippen LogP contribution in [0.1, 0.15) is 23.0 Å². The van der Waals surface area contributed by atoms with E-state index in [1.807, 2.05) is 6.92 Å². The van der Waals surface area contributed by atoms with Gasteiger partial charge in [-0.3, -0.25) is 4.68 Å². The number of hydrogen-bond donors (Lipinski definition) is 1. The van der Waals surface area contributed by atoms with Crippen LogP contribution in [0.5, 0.6) is 5.75 Å². The second-order valence-corrected chi connectivity index (χ2v) is 4.24. The van der Waals surface area contributed by atoms with Gasteiger partial charge in [-0.2, -0.15) is 5.10 Å². The molecule has 0 amide bonds. The second-order valence-electron chi connectivity index (χ2n) is 4.24. The molecule has 0 atom stereocenters. The van der Waals surface area contributed by atoms with Crippen LogP contribution in [-0.4, -0.2) is 22.4 Å². The van der Waals surface area contributed by atoms with Gasteiger partial charge >= 0.3 is 5.97 Å². The standard InChI is InChI=1S/C14H17N3O3/c1-3-19-13-5-4-10(8-12(13)15)14(18)20-9-11-6-7-17(2)16-11/h4-8H,3,9,15H2,1-2H3. The van der Waals surface area contributed by atoms with Gasteiger partial charge in [-0.15, -0.1) is 0 Å². The molecule has 2 rings (SSSR count). The Bertz CT molecular complexity index is 607. The maximum Gasteiger partial charge on any atom is 0.338 e. The molecule has 2 aromatic rings. The monoisotopic (exact) mass is 275 g/mol. The zero-order chi connectivity index (χ0) is 14.5. The van der Waals surface area contributed by atoms with E-state index >= 15 is 0 Å². The summed E-state index contributed by atoms with van der Waals surface area (Å²) in [7, 11) is 1.80. The molecule has 0 aliphatic rings. The number of ether oxygens (including phenoxy) is 2. The molecule has 1 aromatic heterocycles. The Morgan fingerprint density at radius 3 is 2.80 bits per heavy atom. The molecule has 106 valence electrons. The first-order valence-electron chi connectivity index (χ1n) is 6.28. The predicted octanol–water partition coefficient (Wildman–Crippen LogP) is 1.76. The molecule has 2 N–H and O–H groups in total. The van der Waals surface area contributed by atoms with Gasteiger partial charge in [-0.1, -0.05) is 0 Å². The van der Waals surface area contributed by atoms with Gasteiger partial charge in [0.2, 0.25) is 0 Å². The van der Waals surface area contributed by atoms with Gasteiger partial charge < -0.3 is 15.2 Å². The first-order chi connectivity index (χ1) is 9.60. The van der Waals surface area contributed by atoms with Crippen LogP contribution < -0.4 is 10.5 Å². The van der Waals surface area contributed by atoms with Crippen molar-refractivity contribution in [1.29, 1.82) is 0 Å². The fourth-order valence-corrected chi connectivity index (χ4v) is 1.73. The van der Waals surface area contributed by atoms with E-state index in [0.29, 0.717) is 29.3 Å². The van der Waals surface area contributed by atoms with Crippen molar-refractivity contribution in [2.45, 2.75) is 13.5 Å². The molecule has 6 nitrogen and oxygen atoms in total. The van der Waals surface area contributed by atoms with Crippen molar-refractivity contribution in [3.8, 4) is 5.75 Å². The van der Waals surface area contributed by atoms with Crippen LogP contribution in [0, 0.1) is 0 Å². The maximum absolute atomic E-state index is 11.9. The number of esters is 1. The molecule has 0 bridgehead atoms. The predicted molar refractivity (Wildman–Crippen MR) is 74.4 cm³/mol. The summed E-state index contributed by atoms with van der Waals surface area (Å²) < 4.78 is 12.1. The van der Waals surface area contributed by atoms with Gasteiger partial charge in [0.05, 0.1) is 23.6 Å². The van der Waals surface area contributed by atoms with Crippen molar-refractivity contribution >= 4 is 11.7 Å². The molecular weight excluding hydrogens is 258 g/mol. The highest BCUT2D eigenvalue weighted by atomic mass is 16.5. The number of aryl methyl sites for hydroxylation is 1. The molecule has 6 heteroatoms. The lowest BCUT2D eigenvalue weighted by molar-refractivity contribution is 0.0467. The minimum atomic E-state index is -0.439. The van der Waals surface area contributed by atoms with Gasteiger partial charge in [0.15, 0.2) is 0 Å². The fraction of sp³-hybridized carbons (Fsp3) is 0.286. The molecule has 20 heavy (non-hydrogen) atoms. The Hall–Kier alpha value is -2.50. The van der Waals surface area contributed by atoms with E-state index in [2.05, 4.69) is 5.10 Å². The summed E-state index contributed by atoms with van der Waals surface area (Å²) in [4.78, 5) is 11.9. The number of nitrogens with two attached hydrogens (primary N) is 1. The zero-order valence-corrected chi connectivity index (χ0v) is 11.5. The Kier molecular flexibility index (Phi) is 4.24. The molecule has 0 saturated carbocycles. The normalized spacial score (nSPS) is 10.3. The quantitative estimate of drug-likeness (QED) is 0.664. The van der Waals surface area contributed by atoms with Crippen molar-refractivity contribution in [2.75, 3.05) is 12.3 Å². The Balaban J connectivity index is 2.00. The number of benzene rings is 1. The number of carbonyl (C=O) groups excluding carboxylic acids is 1. The third kappa shape index (κ3) is 3.28. The fourth-order valence-electron chi connectivity index (χ4n) is 1.73. The molecule has 1 heterocycles. The zero-order valence-electron chi connectivity index (χ0n) is 11.5. The summed E-state index contributed by atoms with van der Waals surface area (Å²) in [6.45, 7) is 2.52. The van der Waals surface area contributed by atoms with Crippen molar-refractivity contribution in [3.63, 3.8) is 0 Å². The maximum atomic E-state index is 11.9. The largest absolute Gasteiger partial charge is 0.492 e. The highest BCUT2D eigenvalue weighted by Crippen LogP contribution is 2.23. The van der Waals surface area contributed by atoms with Crippen LogP contribution in [0.3, 0.4) is 0 Å². The van der Waals surface area contributed by atoms with Crippen LogP contribution in [0.25, 0.3) is 0 Å². The molecule has 0 fully saturated rings. The lowest BCUT2D eigenvalue weighted by atomic mass is 10.2. The molecule has 0 spiro atoms. The van der Waals surface area contributed by atoms with E-state index in [-0.39, 0.29) is 6.61 Å². The summed E-state index contributed by atoms with van der Waals surface area (Å²) in [5.74, 6) is 0.124. The van der Waals surface area contributed by atoms with Crippen molar-refractivity contribution in [3.05, 3.63) is 41.7 Å². The van der Waals surface area contributed by atoms with E-state index in [0.717, 1.165) is 0 Å². The summed E-state index contributed by atoms with van der Waals surface area (Å²) in [6.07, 6.45) is 1.79. The number of nitrogens with zero attached hydrogens (tertiary/aromatic N) is 2. The van der Waals surface area contributed by atoms with Crippen molar-refractivity contribution in [1.82, 2.24) is 9.78 Å². The van der Waals surface area contributed by atoms with Gasteiger partial charge in [-0.05, 0) is 31.2 Å². The molecule has 0 radical (unpaired) electrons. The minimum Gasteiger partial charge on any atom is -0.492 e. The third-order valence-corrected chi connectivity index (χ3v) is 2.67. The topological polar surface area (TPSA) is 79.4 Å². The van der Waals surface area contributed by atoms with Crippen molar-refractivity contribution < 1.29 is 14.3 Å². The lowest BCUT2D eigenvalue weighted by Crippen LogP contribution is -2.07. The molecule has 0 saturated heterocycles. The lowest BCUT2D eigenvalue weighted by Gasteiger charge is -2.08. The number of nitrogen functional groups attached to an aromatic ring is 1. The minimum absolute atomic E-state index is 0.132. The van der Waals surface area contributed by atoms with E-state index in [9.17, 15) is 4.79 Å². The summed E-state index contributed by atoms with van der Waals surface area (Å²) in [5.41, 5.74) is 7.31. The first kappa shape index (κ1) is 13.9. The first-order valence-corrected chi connectivity index (χ1v) is 6.28. The van der Waals surface area contributed by atoms with Crippen LogP contribution >= 0.6 is 0 Å². The van der Waals surface area contributed by atoms with E-state index < -0.39 is 5.97 Å². The third-order valence-electron chi connectivity index (χ3n) is 2.67.